The zero-order chi connectivity index (χ0) is 17.0. The summed E-state index contributed by atoms with van der Waals surface area (Å²) in [6, 6.07) is 7.60. The maximum Gasteiger partial charge on any atom is 0.298 e. The van der Waals surface area contributed by atoms with Crippen molar-refractivity contribution in [2.75, 3.05) is 7.11 Å². The van der Waals surface area contributed by atoms with Gasteiger partial charge in [0.05, 0.1) is 29.1 Å². The van der Waals surface area contributed by atoms with E-state index in [1.807, 2.05) is 0 Å². The van der Waals surface area contributed by atoms with Crippen LogP contribution >= 0.6 is 0 Å². The fourth-order valence-corrected chi connectivity index (χ4v) is 1.78. The van der Waals surface area contributed by atoms with Crippen LogP contribution in [-0.2, 0) is 0 Å². The molecule has 0 aromatic heterocycles. The van der Waals surface area contributed by atoms with Gasteiger partial charge in [0.25, 0.3) is 11.4 Å². The molecule has 0 bridgehead atoms. The molecule has 0 spiro atoms. The fraction of sp³-hybridized carbons (Fsp3) is 0.0714. The third-order valence-electron chi connectivity index (χ3n) is 2.95. The number of rotatable bonds is 5. The monoisotopic (exact) mass is 317 g/mol. The lowest BCUT2D eigenvalue weighted by Crippen LogP contribution is -1.92. The van der Waals surface area contributed by atoms with E-state index in [-0.39, 0.29) is 28.4 Å². The first kappa shape index (κ1) is 15.9. The Labute approximate surface area is 129 Å². The summed E-state index contributed by atoms with van der Waals surface area (Å²) in [4.78, 5) is 24.3. The molecule has 1 N–H and O–H groups in total. The smallest absolute Gasteiger partial charge is 0.298 e. The Bertz CT molecular complexity index is 803. The molecular weight excluding hydrogens is 306 g/mol. The summed E-state index contributed by atoms with van der Waals surface area (Å²) in [7, 11) is 1.39. The first-order valence-corrected chi connectivity index (χ1v) is 6.26. The topological polar surface area (TPSA) is 128 Å². The number of hydrogen-bond donors (Lipinski definition) is 1. The maximum atomic E-state index is 11.0. The molecular formula is C14H11N3O6. The highest BCUT2D eigenvalue weighted by molar-refractivity contribution is 5.86. The number of benzene rings is 2. The van der Waals surface area contributed by atoms with Crippen molar-refractivity contribution < 1.29 is 19.7 Å². The van der Waals surface area contributed by atoms with Crippen LogP contribution in [0, 0.1) is 20.2 Å². The van der Waals surface area contributed by atoms with Crippen molar-refractivity contribution in [2.24, 2.45) is 4.99 Å². The van der Waals surface area contributed by atoms with Crippen LogP contribution in [0.1, 0.15) is 5.56 Å². The summed E-state index contributed by atoms with van der Waals surface area (Å²) in [5.41, 5.74) is -0.272. The van der Waals surface area contributed by atoms with Crippen LogP contribution in [0.2, 0.25) is 0 Å². The third kappa shape index (κ3) is 3.59. The van der Waals surface area contributed by atoms with Crippen LogP contribution in [0.15, 0.2) is 41.4 Å². The minimum absolute atomic E-state index is 0.0635. The molecule has 0 aliphatic rings. The lowest BCUT2D eigenvalue weighted by atomic mass is 10.2. The van der Waals surface area contributed by atoms with E-state index in [1.54, 1.807) is 0 Å². The van der Waals surface area contributed by atoms with Crippen molar-refractivity contribution in [1.29, 1.82) is 0 Å². The quantitative estimate of drug-likeness (QED) is 0.513. The molecule has 0 aliphatic carbocycles. The summed E-state index contributed by atoms with van der Waals surface area (Å²) in [6.45, 7) is 0. The van der Waals surface area contributed by atoms with Gasteiger partial charge in [-0.05, 0) is 18.2 Å². The Morgan fingerprint density at radius 2 is 1.87 bits per heavy atom. The average molecular weight is 317 g/mol. The van der Waals surface area contributed by atoms with Crippen LogP contribution in [0.3, 0.4) is 0 Å². The van der Waals surface area contributed by atoms with Gasteiger partial charge in [0, 0.05) is 17.8 Å². The number of non-ortho nitro benzene ring substituents is 1. The number of aliphatic imine (C=N–C) groups is 1. The zero-order valence-electron chi connectivity index (χ0n) is 11.9. The van der Waals surface area contributed by atoms with Gasteiger partial charge in [-0.3, -0.25) is 20.2 Å². The van der Waals surface area contributed by atoms with E-state index in [2.05, 4.69) is 4.99 Å². The second kappa shape index (κ2) is 6.52. The van der Waals surface area contributed by atoms with E-state index in [4.69, 9.17) is 4.74 Å². The molecule has 23 heavy (non-hydrogen) atoms. The third-order valence-corrected chi connectivity index (χ3v) is 2.95. The molecule has 0 saturated carbocycles. The van der Waals surface area contributed by atoms with E-state index in [1.165, 1.54) is 43.7 Å². The van der Waals surface area contributed by atoms with Crippen molar-refractivity contribution in [3.63, 3.8) is 0 Å². The molecule has 0 radical (unpaired) electrons. The molecule has 0 fully saturated rings. The standard InChI is InChI=1S/C14H11N3O6/c1-23-11-4-5-12(13(7-11)17(21)22)15-8-9-2-3-10(16(19)20)6-14(9)18/h2-8,18H,1H3. The van der Waals surface area contributed by atoms with E-state index in [0.29, 0.717) is 5.75 Å². The van der Waals surface area contributed by atoms with Gasteiger partial charge in [0.2, 0.25) is 0 Å². The molecule has 2 aromatic carbocycles. The molecule has 118 valence electrons. The van der Waals surface area contributed by atoms with E-state index >= 15 is 0 Å². The Kier molecular flexibility index (Phi) is 4.50. The molecule has 0 aliphatic heterocycles. The number of nitrogens with zero attached hydrogens (tertiary/aromatic N) is 3. The van der Waals surface area contributed by atoms with Gasteiger partial charge in [-0.15, -0.1) is 0 Å². The minimum atomic E-state index is -0.644. The lowest BCUT2D eigenvalue weighted by molar-refractivity contribution is -0.385. The summed E-state index contributed by atoms with van der Waals surface area (Å²) < 4.78 is 4.92. The molecule has 0 unspecified atom stereocenters. The Hall–Kier alpha value is -3.49. The van der Waals surface area contributed by atoms with Crippen LogP contribution < -0.4 is 4.74 Å². The highest BCUT2D eigenvalue weighted by atomic mass is 16.6. The largest absolute Gasteiger partial charge is 0.507 e. The lowest BCUT2D eigenvalue weighted by Gasteiger charge is -2.02. The Balaban J connectivity index is 2.37. The van der Waals surface area contributed by atoms with Gasteiger partial charge in [-0.1, -0.05) is 0 Å². The van der Waals surface area contributed by atoms with Crippen molar-refractivity contribution >= 4 is 23.3 Å². The van der Waals surface area contributed by atoms with Crippen molar-refractivity contribution in [2.45, 2.75) is 0 Å². The maximum absolute atomic E-state index is 11.0. The van der Waals surface area contributed by atoms with Gasteiger partial charge in [0.15, 0.2) is 0 Å². The van der Waals surface area contributed by atoms with Crippen LogP contribution in [0.25, 0.3) is 0 Å². The minimum Gasteiger partial charge on any atom is -0.507 e. The van der Waals surface area contributed by atoms with Gasteiger partial charge < -0.3 is 9.84 Å². The van der Waals surface area contributed by atoms with E-state index in [0.717, 1.165) is 6.07 Å². The van der Waals surface area contributed by atoms with Crippen molar-refractivity contribution in [1.82, 2.24) is 0 Å². The van der Waals surface area contributed by atoms with Gasteiger partial charge in [-0.25, -0.2) is 4.99 Å². The number of methoxy groups -OCH3 is 1. The number of nitro benzene ring substituents is 2. The fourth-order valence-electron chi connectivity index (χ4n) is 1.78. The molecule has 9 heteroatoms. The van der Waals surface area contributed by atoms with Crippen molar-refractivity contribution in [3.8, 4) is 11.5 Å². The summed E-state index contributed by atoms with van der Waals surface area (Å²) in [5, 5.41) is 31.4. The number of ether oxygens (including phenoxy) is 1. The summed E-state index contributed by atoms with van der Waals surface area (Å²) >= 11 is 0. The Morgan fingerprint density at radius 3 is 2.43 bits per heavy atom. The Morgan fingerprint density at radius 1 is 1.13 bits per heavy atom. The molecule has 2 aromatic rings. The second-order valence-electron chi connectivity index (χ2n) is 4.37. The van der Waals surface area contributed by atoms with Crippen molar-refractivity contribution in [3.05, 3.63) is 62.2 Å². The molecule has 9 nitrogen and oxygen atoms in total. The van der Waals surface area contributed by atoms with Crippen LogP contribution in [0.5, 0.6) is 11.5 Å². The van der Waals surface area contributed by atoms with Gasteiger partial charge in [-0.2, -0.15) is 0 Å². The SMILES string of the molecule is COc1ccc(N=Cc2ccc([N+](=O)[O-])cc2O)c([N+](=O)[O-])c1. The number of hydrogen-bond acceptors (Lipinski definition) is 7. The predicted molar refractivity (Wildman–Crippen MR) is 81.7 cm³/mol. The summed E-state index contributed by atoms with van der Waals surface area (Å²) in [6.07, 6.45) is 1.19. The molecule has 0 heterocycles. The van der Waals surface area contributed by atoms with Crippen LogP contribution in [0.4, 0.5) is 17.1 Å². The zero-order valence-corrected chi connectivity index (χ0v) is 11.9. The van der Waals surface area contributed by atoms with Crippen LogP contribution in [-0.4, -0.2) is 28.3 Å². The number of phenolic OH excluding ortho intramolecular Hbond substituents is 1. The molecule has 2 rings (SSSR count). The second-order valence-corrected chi connectivity index (χ2v) is 4.37. The normalized spacial score (nSPS) is 10.7. The number of phenols is 1. The van der Waals surface area contributed by atoms with Gasteiger partial charge in [0.1, 0.15) is 17.2 Å². The molecule has 0 amide bonds. The number of aromatic hydroxyl groups is 1. The van der Waals surface area contributed by atoms with E-state index in [9.17, 15) is 25.3 Å². The van der Waals surface area contributed by atoms with Gasteiger partial charge >= 0.3 is 0 Å². The first-order chi connectivity index (χ1) is 10.9. The molecule has 0 atom stereocenters. The molecule has 0 saturated heterocycles. The highest BCUT2D eigenvalue weighted by Crippen LogP contribution is 2.31. The first-order valence-electron chi connectivity index (χ1n) is 6.26. The highest BCUT2D eigenvalue weighted by Gasteiger charge is 2.15. The number of nitro groups is 2. The predicted octanol–water partition coefficient (Wildman–Crippen LogP) is 2.97. The average Bonchev–Trinajstić information content (AvgIpc) is 2.53. The van der Waals surface area contributed by atoms with E-state index < -0.39 is 9.85 Å². The summed E-state index contributed by atoms with van der Waals surface area (Å²) in [5.74, 6) is -0.0343.